The molecule has 144 valence electrons. The van der Waals surface area contributed by atoms with Gasteiger partial charge in [0.05, 0.1) is 0 Å². The fourth-order valence-electron chi connectivity index (χ4n) is 3.50. The standard InChI is InChI=1S/C27H31N/c1-24-16-13-14-18-25(24)17-8-4-2-3-5-15-23-28(26-19-9-6-10-20-26)27-21-11-7-12-22-27/h6-7,9-16,18-23H,2-5,8,17H2,1H3. The largest absolute Gasteiger partial charge is 0.318 e. The van der Waals surface area contributed by atoms with E-state index >= 15 is 0 Å². The quantitative estimate of drug-likeness (QED) is 0.329. The number of unbranched alkanes of at least 4 members (excludes halogenated alkanes) is 4. The molecule has 0 bridgehead atoms. The van der Waals surface area contributed by atoms with Crippen molar-refractivity contribution in [1.82, 2.24) is 0 Å². The van der Waals surface area contributed by atoms with Gasteiger partial charge in [0, 0.05) is 17.6 Å². The second-order valence-electron chi connectivity index (χ2n) is 7.31. The monoisotopic (exact) mass is 369 g/mol. The Morgan fingerprint density at radius 2 is 1.21 bits per heavy atom. The van der Waals surface area contributed by atoms with Gasteiger partial charge in [-0.25, -0.2) is 0 Å². The minimum absolute atomic E-state index is 1.13. The highest BCUT2D eigenvalue weighted by Crippen LogP contribution is 2.25. The first kappa shape index (κ1) is 19.9. The summed E-state index contributed by atoms with van der Waals surface area (Å²) < 4.78 is 0. The van der Waals surface area contributed by atoms with Gasteiger partial charge in [0.1, 0.15) is 0 Å². The lowest BCUT2D eigenvalue weighted by molar-refractivity contribution is 0.645. The summed E-state index contributed by atoms with van der Waals surface area (Å²) in [6.45, 7) is 2.21. The molecule has 1 heteroatoms. The molecule has 0 fully saturated rings. The molecule has 28 heavy (non-hydrogen) atoms. The van der Waals surface area contributed by atoms with Crippen LogP contribution in [-0.2, 0) is 6.42 Å². The number of rotatable bonds is 10. The molecule has 0 atom stereocenters. The third kappa shape index (κ3) is 6.13. The van der Waals surface area contributed by atoms with Gasteiger partial charge < -0.3 is 4.90 Å². The number of nitrogens with zero attached hydrogens (tertiary/aromatic N) is 1. The van der Waals surface area contributed by atoms with Crippen LogP contribution in [0.1, 0.15) is 43.2 Å². The van der Waals surface area contributed by atoms with Crippen LogP contribution in [0, 0.1) is 6.92 Å². The second kappa shape index (κ2) is 11.1. The van der Waals surface area contributed by atoms with Crippen molar-refractivity contribution < 1.29 is 0 Å². The first-order chi connectivity index (χ1) is 13.8. The number of benzene rings is 3. The van der Waals surface area contributed by atoms with Crippen LogP contribution in [0.3, 0.4) is 0 Å². The van der Waals surface area contributed by atoms with E-state index in [4.69, 9.17) is 0 Å². The van der Waals surface area contributed by atoms with Crippen LogP contribution in [0.2, 0.25) is 0 Å². The Kier molecular flexibility index (Phi) is 7.93. The predicted molar refractivity (Wildman–Crippen MR) is 122 cm³/mol. The molecule has 0 aliphatic carbocycles. The normalized spacial score (nSPS) is 11.0. The number of aryl methyl sites for hydroxylation is 2. The van der Waals surface area contributed by atoms with Crippen molar-refractivity contribution in [2.75, 3.05) is 4.90 Å². The predicted octanol–water partition coefficient (Wildman–Crippen LogP) is 7.84. The lowest BCUT2D eigenvalue weighted by atomic mass is 10.0. The topological polar surface area (TPSA) is 3.24 Å². The molecule has 0 aromatic heterocycles. The highest BCUT2D eigenvalue weighted by molar-refractivity contribution is 5.65. The van der Waals surface area contributed by atoms with Gasteiger partial charge in [-0.2, -0.15) is 0 Å². The zero-order valence-electron chi connectivity index (χ0n) is 16.9. The minimum atomic E-state index is 1.13. The molecule has 0 N–H and O–H groups in total. The Morgan fingerprint density at radius 1 is 0.643 bits per heavy atom. The summed E-state index contributed by atoms with van der Waals surface area (Å²) in [5, 5.41) is 0. The van der Waals surface area contributed by atoms with E-state index in [0.29, 0.717) is 0 Å². The van der Waals surface area contributed by atoms with Crippen LogP contribution < -0.4 is 4.90 Å². The fourth-order valence-corrected chi connectivity index (χ4v) is 3.50. The lowest BCUT2D eigenvalue weighted by Gasteiger charge is -2.20. The van der Waals surface area contributed by atoms with Crippen LogP contribution in [0.4, 0.5) is 11.4 Å². The maximum absolute atomic E-state index is 2.31. The first-order valence-corrected chi connectivity index (χ1v) is 10.4. The molecule has 3 aromatic carbocycles. The van der Waals surface area contributed by atoms with Gasteiger partial charge in [-0.3, -0.25) is 0 Å². The maximum Gasteiger partial charge on any atom is 0.0455 e. The highest BCUT2D eigenvalue weighted by Gasteiger charge is 2.04. The van der Waals surface area contributed by atoms with E-state index in [-0.39, 0.29) is 0 Å². The molecule has 3 aromatic rings. The van der Waals surface area contributed by atoms with Crippen molar-refractivity contribution in [1.29, 1.82) is 0 Å². The van der Waals surface area contributed by atoms with E-state index in [1.165, 1.54) is 54.6 Å². The molecule has 0 unspecified atom stereocenters. The number of hydrogen-bond donors (Lipinski definition) is 0. The van der Waals surface area contributed by atoms with Gasteiger partial charge in [0.15, 0.2) is 0 Å². The molecule has 0 aliphatic heterocycles. The van der Waals surface area contributed by atoms with Crippen molar-refractivity contribution in [2.45, 2.75) is 45.4 Å². The SMILES string of the molecule is Cc1ccccc1CCCCCCC=CN(c1ccccc1)c1ccccc1. The second-order valence-corrected chi connectivity index (χ2v) is 7.31. The van der Waals surface area contributed by atoms with E-state index in [1.807, 2.05) is 0 Å². The van der Waals surface area contributed by atoms with Gasteiger partial charge in [-0.1, -0.05) is 79.6 Å². The van der Waals surface area contributed by atoms with Crippen molar-refractivity contribution in [3.8, 4) is 0 Å². The number of anilines is 2. The summed E-state index contributed by atoms with van der Waals surface area (Å²) in [5.74, 6) is 0. The van der Waals surface area contributed by atoms with Crippen molar-refractivity contribution in [3.05, 3.63) is 108 Å². The molecule has 1 nitrogen and oxygen atoms in total. The molecule has 3 rings (SSSR count). The smallest absolute Gasteiger partial charge is 0.0455 e. The maximum atomic E-state index is 2.31. The molecule has 0 radical (unpaired) electrons. The van der Waals surface area contributed by atoms with E-state index < -0.39 is 0 Å². The van der Waals surface area contributed by atoms with E-state index in [9.17, 15) is 0 Å². The number of allylic oxidation sites excluding steroid dienone is 1. The third-order valence-electron chi connectivity index (χ3n) is 5.15. The summed E-state index contributed by atoms with van der Waals surface area (Å²) >= 11 is 0. The molecule has 0 spiro atoms. The molecule has 0 heterocycles. The minimum Gasteiger partial charge on any atom is -0.318 e. The summed E-state index contributed by atoms with van der Waals surface area (Å²) in [4.78, 5) is 2.26. The van der Waals surface area contributed by atoms with Crippen LogP contribution >= 0.6 is 0 Å². The zero-order chi connectivity index (χ0) is 19.4. The molecule has 0 amide bonds. The average Bonchev–Trinajstić information content (AvgIpc) is 2.75. The Hall–Kier alpha value is -2.80. The van der Waals surface area contributed by atoms with E-state index in [2.05, 4.69) is 109 Å². The van der Waals surface area contributed by atoms with Crippen molar-refractivity contribution in [2.24, 2.45) is 0 Å². The fraction of sp³-hybridized carbons (Fsp3) is 0.259. The number of para-hydroxylation sites is 2. The summed E-state index contributed by atoms with van der Waals surface area (Å²) in [5.41, 5.74) is 5.32. The molecule has 0 aliphatic rings. The van der Waals surface area contributed by atoms with Gasteiger partial charge in [-0.15, -0.1) is 0 Å². The average molecular weight is 370 g/mol. The third-order valence-corrected chi connectivity index (χ3v) is 5.15. The van der Waals surface area contributed by atoms with Crippen molar-refractivity contribution >= 4 is 11.4 Å². The Labute approximate surface area is 170 Å². The number of hydrogen-bond acceptors (Lipinski definition) is 1. The molecule has 0 saturated carbocycles. The van der Waals surface area contributed by atoms with Crippen LogP contribution in [-0.4, -0.2) is 0 Å². The lowest BCUT2D eigenvalue weighted by Crippen LogP contribution is -2.07. The summed E-state index contributed by atoms with van der Waals surface area (Å²) in [7, 11) is 0. The van der Waals surface area contributed by atoms with Gasteiger partial charge in [0.25, 0.3) is 0 Å². The Morgan fingerprint density at radius 3 is 1.86 bits per heavy atom. The van der Waals surface area contributed by atoms with E-state index in [0.717, 1.165) is 6.42 Å². The van der Waals surface area contributed by atoms with Gasteiger partial charge >= 0.3 is 0 Å². The molecular formula is C27H31N. The first-order valence-electron chi connectivity index (χ1n) is 10.4. The Balaban J connectivity index is 1.44. The highest BCUT2D eigenvalue weighted by atomic mass is 15.1. The Bertz CT molecular complexity index is 797. The summed E-state index contributed by atoms with van der Waals surface area (Å²) in [6.07, 6.45) is 12.0. The van der Waals surface area contributed by atoms with Crippen LogP contribution in [0.5, 0.6) is 0 Å². The van der Waals surface area contributed by atoms with Gasteiger partial charge in [0.2, 0.25) is 0 Å². The summed E-state index contributed by atoms with van der Waals surface area (Å²) in [6, 6.07) is 29.9. The van der Waals surface area contributed by atoms with E-state index in [1.54, 1.807) is 0 Å². The van der Waals surface area contributed by atoms with Crippen LogP contribution in [0.15, 0.2) is 97.2 Å². The zero-order valence-corrected chi connectivity index (χ0v) is 16.9. The van der Waals surface area contributed by atoms with Crippen LogP contribution in [0.25, 0.3) is 0 Å². The molecular weight excluding hydrogens is 338 g/mol. The van der Waals surface area contributed by atoms with Gasteiger partial charge in [-0.05, 0) is 68.0 Å². The molecule has 0 saturated heterocycles. The van der Waals surface area contributed by atoms with Crippen molar-refractivity contribution in [3.63, 3.8) is 0 Å².